The molecule has 3 nitrogen and oxygen atoms in total. The van der Waals surface area contributed by atoms with Crippen LogP contribution in [0.15, 0.2) is 24.3 Å². The number of hydrogen-bond donors (Lipinski definition) is 1. The zero-order chi connectivity index (χ0) is 10.6. The first kappa shape index (κ1) is 8.92. The minimum atomic E-state index is -0.669. The topological polar surface area (TPSA) is 46.5 Å². The Morgan fingerprint density at radius 1 is 1.47 bits per heavy atom. The summed E-state index contributed by atoms with van der Waals surface area (Å²) >= 11 is 0. The third kappa shape index (κ3) is 0.960. The smallest absolute Gasteiger partial charge is 0.307 e. The van der Waals surface area contributed by atoms with E-state index in [0.29, 0.717) is 6.42 Å². The minimum absolute atomic E-state index is 0.212. The fourth-order valence-electron chi connectivity index (χ4n) is 2.81. The molecule has 3 rings (SSSR count). The molecule has 2 aliphatic rings. The van der Waals surface area contributed by atoms with Crippen molar-refractivity contribution in [2.75, 3.05) is 0 Å². The Morgan fingerprint density at radius 3 is 3.00 bits per heavy atom. The summed E-state index contributed by atoms with van der Waals surface area (Å²) in [7, 11) is 0. The van der Waals surface area contributed by atoms with Gasteiger partial charge in [0.05, 0.1) is 6.42 Å². The van der Waals surface area contributed by atoms with Crippen molar-refractivity contribution < 1.29 is 14.6 Å². The highest BCUT2D eigenvalue weighted by atomic mass is 16.6. The van der Waals surface area contributed by atoms with Crippen LogP contribution >= 0.6 is 0 Å². The van der Waals surface area contributed by atoms with Crippen LogP contribution in [0.25, 0.3) is 0 Å². The molecular formula is C12H12O3. The van der Waals surface area contributed by atoms with Gasteiger partial charge in [0.15, 0.2) is 0 Å². The number of esters is 1. The molecule has 1 aromatic carbocycles. The highest BCUT2D eigenvalue weighted by Gasteiger charge is 2.56. The molecule has 15 heavy (non-hydrogen) atoms. The van der Waals surface area contributed by atoms with Gasteiger partial charge in [0.1, 0.15) is 12.2 Å². The van der Waals surface area contributed by atoms with Crippen LogP contribution in [0, 0.1) is 0 Å². The van der Waals surface area contributed by atoms with Crippen LogP contribution in [0.4, 0.5) is 0 Å². The van der Waals surface area contributed by atoms with E-state index in [1.54, 1.807) is 0 Å². The lowest BCUT2D eigenvalue weighted by atomic mass is 9.81. The maximum atomic E-state index is 11.3. The Kier molecular flexibility index (Phi) is 1.55. The molecule has 3 atom stereocenters. The second-order valence-corrected chi connectivity index (χ2v) is 4.54. The van der Waals surface area contributed by atoms with E-state index in [0.717, 1.165) is 11.1 Å². The van der Waals surface area contributed by atoms with Gasteiger partial charge in [-0.3, -0.25) is 4.79 Å². The van der Waals surface area contributed by atoms with Crippen LogP contribution in [0.3, 0.4) is 0 Å². The van der Waals surface area contributed by atoms with Crippen molar-refractivity contribution in [2.24, 2.45) is 0 Å². The van der Waals surface area contributed by atoms with E-state index in [2.05, 4.69) is 0 Å². The average molecular weight is 204 g/mol. The molecule has 0 saturated carbocycles. The first-order chi connectivity index (χ1) is 7.13. The summed E-state index contributed by atoms with van der Waals surface area (Å²) in [6.07, 6.45) is -0.703. The van der Waals surface area contributed by atoms with Gasteiger partial charge in [0.2, 0.25) is 0 Å². The summed E-state index contributed by atoms with van der Waals surface area (Å²) in [6.45, 7) is 1.98. The van der Waals surface area contributed by atoms with Crippen LogP contribution in [0.1, 0.15) is 30.6 Å². The van der Waals surface area contributed by atoms with Crippen molar-refractivity contribution in [3.63, 3.8) is 0 Å². The van der Waals surface area contributed by atoms with Gasteiger partial charge in [-0.05, 0) is 11.1 Å². The van der Waals surface area contributed by atoms with Gasteiger partial charge in [-0.25, -0.2) is 0 Å². The molecule has 1 N–H and O–H groups in total. The minimum Gasteiger partial charge on any atom is -0.458 e. The van der Waals surface area contributed by atoms with Gasteiger partial charge in [0.25, 0.3) is 0 Å². The largest absolute Gasteiger partial charge is 0.458 e. The summed E-state index contributed by atoms with van der Waals surface area (Å²) in [6, 6.07) is 7.70. The maximum Gasteiger partial charge on any atom is 0.307 e. The molecule has 1 aliphatic heterocycles. The molecule has 1 fully saturated rings. The number of hydrogen-bond acceptors (Lipinski definition) is 3. The van der Waals surface area contributed by atoms with Gasteiger partial charge < -0.3 is 9.84 Å². The molecule has 1 saturated heterocycles. The Bertz CT molecular complexity index is 440. The molecule has 0 radical (unpaired) electrons. The van der Waals surface area contributed by atoms with Crippen LogP contribution in [-0.4, -0.2) is 17.2 Å². The predicted octanol–water partition coefficient (Wildman–Crippen LogP) is 1.31. The van der Waals surface area contributed by atoms with Crippen molar-refractivity contribution >= 4 is 5.97 Å². The van der Waals surface area contributed by atoms with E-state index < -0.39 is 12.2 Å². The quantitative estimate of drug-likeness (QED) is 0.648. The first-order valence-electron chi connectivity index (χ1n) is 5.10. The van der Waals surface area contributed by atoms with Crippen LogP contribution < -0.4 is 0 Å². The second kappa shape index (κ2) is 2.61. The SMILES string of the molecule is C[C@]12CC(=O)O[C@H]1[C@@H](O)c1ccccc12. The van der Waals surface area contributed by atoms with E-state index in [9.17, 15) is 9.90 Å². The lowest BCUT2D eigenvalue weighted by Crippen LogP contribution is -2.29. The summed E-state index contributed by atoms with van der Waals surface area (Å²) in [4.78, 5) is 11.3. The zero-order valence-corrected chi connectivity index (χ0v) is 8.43. The number of aliphatic hydroxyl groups is 1. The van der Waals surface area contributed by atoms with E-state index >= 15 is 0 Å². The highest BCUT2D eigenvalue weighted by molar-refractivity contribution is 5.76. The molecule has 1 heterocycles. The van der Waals surface area contributed by atoms with Crippen molar-refractivity contribution in [2.45, 2.75) is 31.0 Å². The second-order valence-electron chi connectivity index (χ2n) is 4.54. The zero-order valence-electron chi connectivity index (χ0n) is 8.43. The monoisotopic (exact) mass is 204 g/mol. The molecule has 78 valence electrons. The normalized spacial score (nSPS) is 37.3. The summed E-state index contributed by atoms with van der Waals surface area (Å²) in [5.74, 6) is -0.212. The Hall–Kier alpha value is -1.35. The Labute approximate surface area is 87.7 Å². The Balaban J connectivity index is 2.20. The van der Waals surface area contributed by atoms with E-state index in [-0.39, 0.29) is 11.4 Å². The summed E-state index contributed by atoms with van der Waals surface area (Å²) < 4.78 is 5.19. The van der Waals surface area contributed by atoms with Gasteiger partial charge in [-0.1, -0.05) is 31.2 Å². The number of carbonyl (C=O) groups excluding carboxylic acids is 1. The number of benzene rings is 1. The van der Waals surface area contributed by atoms with Crippen LogP contribution in [-0.2, 0) is 14.9 Å². The molecule has 1 aromatic rings. The van der Waals surface area contributed by atoms with Crippen LogP contribution in [0.5, 0.6) is 0 Å². The van der Waals surface area contributed by atoms with Gasteiger partial charge in [-0.15, -0.1) is 0 Å². The molecule has 0 aromatic heterocycles. The standard InChI is InChI=1S/C12H12O3/c1-12-6-9(13)15-11(12)10(14)7-4-2-3-5-8(7)12/h2-5,10-11,14H,6H2,1H3/t10-,11-,12+/m0/s1. The number of ether oxygens (including phenoxy) is 1. The van der Waals surface area contributed by atoms with E-state index in [1.165, 1.54) is 0 Å². The molecule has 3 heteroatoms. The van der Waals surface area contributed by atoms with Gasteiger partial charge >= 0.3 is 5.97 Å². The van der Waals surface area contributed by atoms with E-state index in [4.69, 9.17) is 4.74 Å². The van der Waals surface area contributed by atoms with Gasteiger partial charge in [-0.2, -0.15) is 0 Å². The molecular weight excluding hydrogens is 192 g/mol. The number of carbonyl (C=O) groups is 1. The fraction of sp³-hybridized carbons (Fsp3) is 0.417. The summed E-state index contributed by atoms with van der Waals surface area (Å²) in [5, 5.41) is 10.1. The van der Waals surface area contributed by atoms with Crippen molar-refractivity contribution in [3.8, 4) is 0 Å². The van der Waals surface area contributed by atoms with Crippen molar-refractivity contribution in [3.05, 3.63) is 35.4 Å². The fourth-order valence-corrected chi connectivity index (χ4v) is 2.81. The number of fused-ring (bicyclic) bond motifs is 3. The lowest BCUT2D eigenvalue weighted by Gasteiger charge is -2.22. The average Bonchev–Trinajstić information content (AvgIpc) is 2.62. The lowest BCUT2D eigenvalue weighted by molar-refractivity contribution is -0.145. The van der Waals surface area contributed by atoms with Crippen molar-refractivity contribution in [1.82, 2.24) is 0 Å². The van der Waals surface area contributed by atoms with Crippen LogP contribution in [0.2, 0.25) is 0 Å². The van der Waals surface area contributed by atoms with Gasteiger partial charge in [0, 0.05) is 5.41 Å². The molecule has 1 aliphatic carbocycles. The third-order valence-electron chi connectivity index (χ3n) is 3.58. The molecule has 0 bridgehead atoms. The maximum absolute atomic E-state index is 11.3. The predicted molar refractivity (Wildman–Crippen MR) is 53.3 cm³/mol. The van der Waals surface area contributed by atoms with Crippen molar-refractivity contribution in [1.29, 1.82) is 0 Å². The third-order valence-corrected chi connectivity index (χ3v) is 3.58. The number of aliphatic hydroxyl groups excluding tert-OH is 1. The number of rotatable bonds is 0. The molecule has 0 unspecified atom stereocenters. The summed E-state index contributed by atoms with van der Waals surface area (Å²) in [5.41, 5.74) is 1.61. The molecule has 0 amide bonds. The highest BCUT2D eigenvalue weighted by Crippen LogP contribution is 2.51. The van der Waals surface area contributed by atoms with E-state index in [1.807, 2.05) is 31.2 Å². The molecule has 0 spiro atoms. The Morgan fingerprint density at radius 2 is 2.20 bits per heavy atom. The first-order valence-corrected chi connectivity index (χ1v) is 5.10.